The minimum absolute atomic E-state index is 0.100. The van der Waals surface area contributed by atoms with Crippen molar-refractivity contribution in [2.24, 2.45) is 0 Å². The van der Waals surface area contributed by atoms with Crippen LogP contribution in [0.4, 0.5) is 0 Å². The van der Waals surface area contributed by atoms with Crippen LogP contribution in [0, 0.1) is 6.92 Å². The topological polar surface area (TPSA) is 76.9 Å². The van der Waals surface area contributed by atoms with Crippen molar-refractivity contribution in [2.75, 3.05) is 27.9 Å². The summed E-state index contributed by atoms with van der Waals surface area (Å²) in [6.45, 7) is 2.57. The Morgan fingerprint density at radius 3 is 2.35 bits per heavy atom. The van der Waals surface area contributed by atoms with Gasteiger partial charge in [0.1, 0.15) is 11.3 Å². The van der Waals surface area contributed by atoms with Crippen molar-refractivity contribution in [3.63, 3.8) is 0 Å². The van der Waals surface area contributed by atoms with Gasteiger partial charge in [-0.2, -0.15) is 0 Å². The fourth-order valence-corrected chi connectivity index (χ4v) is 4.41. The molecule has 1 aliphatic heterocycles. The molecule has 1 aliphatic rings. The summed E-state index contributed by atoms with van der Waals surface area (Å²) in [6, 6.07) is 14.1. The highest BCUT2D eigenvalue weighted by molar-refractivity contribution is 5.77. The minimum atomic E-state index is -0.542. The molecule has 2 aromatic carbocycles. The second-order valence-electron chi connectivity index (χ2n) is 8.03. The number of hydrogen-bond donors (Lipinski definition) is 0. The van der Waals surface area contributed by atoms with Crippen LogP contribution < -0.4 is 14.2 Å². The van der Waals surface area contributed by atoms with Crippen molar-refractivity contribution in [3.8, 4) is 22.9 Å². The molecule has 5 rings (SSSR count). The molecule has 0 N–H and O–H groups in total. The van der Waals surface area contributed by atoms with E-state index in [4.69, 9.17) is 23.7 Å². The van der Waals surface area contributed by atoms with E-state index in [-0.39, 0.29) is 6.10 Å². The largest absolute Gasteiger partial charge is 0.493 e. The van der Waals surface area contributed by atoms with Gasteiger partial charge in [-0.05, 0) is 42.8 Å². The predicted molar refractivity (Wildman–Crippen MR) is 127 cm³/mol. The molecule has 2 unspecified atom stereocenters. The van der Waals surface area contributed by atoms with E-state index in [0.717, 1.165) is 40.1 Å². The maximum Gasteiger partial charge on any atom is 0.203 e. The van der Waals surface area contributed by atoms with Crippen molar-refractivity contribution in [2.45, 2.75) is 25.7 Å². The summed E-state index contributed by atoms with van der Waals surface area (Å²) in [5.41, 5.74) is 4.86. The number of methoxy groups -OCH3 is 3. The number of ether oxygens (including phenoxy) is 5. The predicted octanol–water partition coefficient (Wildman–Crippen LogP) is 4.93. The van der Waals surface area contributed by atoms with E-state index in [1.54, 1.807) is 33.7 Å². The molecule has 34 heavy (non-hydrogen) atoms. The first-order chi connectivity index (χ1) is 16.6. The molecule has 0 aliphatic carbocycles. The van der Waals surface area contributed by atoms with Gasteiger partial charge in [-0.3, -0.25) is 9.55 Å². The van der Waals surface area contributed by atoms with Crippen molar-refractivity contribution in [1.82, 2.24) is 14.5 Å². The molecule has 0 amide bonds. The molecule has 8 heteroatoms. The van der Waals surface area contributed by atoms with Crippen LogP contribution in [-0.2, 0) is 9.47 Å². The lowest BCUT2D eigenvalue weighted by molar-refractivity contribution is -0.219. The van der Waals surface area contributed by atoms with E-state index < -0.39 is 6.29 Å². The lowest BCUT2D eigenvalue weighted by Crippen LogP contribution is -2.21. The number of rotatable bonds is 6. The monoisotopic (exact) mass is 461 g/mol. The number of aryl methyl sites for hydroxylation is 1. The molecule has 0 bridgehead atoms. The van der Waals surface area contributed by atoms with E-state index in [9.17, 15) is 0 Å². The minimum Gasteiger partial charge on any atom is -0.493 e. The van der Waals surface area contributed by atoms with Crippen LogP contribution in [0.25, 0.3) is 16.7 Å². The molecule has 1 saturated heterocycles. The zero-order valence-electron chi connectivity index (χ0n) is 19.6. The molecule has 4 aromatic rings. The second kappa shape index (κ2) is 9.32. The summed E-state index contributed by atoms with van der Waals surface area (Å²) in [5, 5.41) is 0. The van der Waals surface area contributed by atoms with E-state index in [1.165, 1.54) is 0 Å². The number of hydrogen-bond acceptors (Lipinski definition) is 7. The van der Waals surface area contributed by atoms with E-state index in [0.29, 0.717) is 23.9 Å². The van der Waals surface area contributed by atoms with Crippen LogP contribution in [0.1, 0.15) is 35.8 Å². The third kappa shape index (κ3) is 3.95. The zero-order chi connectivity index (χ0) is 23.7. The molecule has 2 atom stereocenters. The Morgan fingerprint density at radius 2 is 1.68 bits per heavy atom. The molecule has 1 fully saturated rings. The fourth-order valence-electron chi connectivity index (χ4n) is 4.41. The number of pyridine rings is 1. The molecule has 0 spiro atoms. The van der Waals surface area contributed by atoms with Gasteiger partial charge in [-0.15, -0.1) is 0 Å². The molecule has 0 saturated carbocycles. The fraction of sp³-hybridized carbons (Fsp3) is 0.308. The third-order valence-electron chi connectivity index (χ3n) is 6.04. The molecule has 3 heterocycles. The first-order valence-corrected chi connectivity index (χ1v) is 11.1. The zero-order valence-corrected chi connectivity index (χ0v) is 19.6. The highest BCUT2D eigenvalue weighted by Crippen LogP contribution is 2.43. The molecule has 8 nitrogen and oxygen atoms in total. The molecule has 2 aromatic heterocycles. The highest BCUT2D eigenvalue weighted by Gasteiger charge is 2.28. The summed E-state index contributed by atoms with van der Waals surface area (Å²) in [7, 11) is 4.77. The third-order valence-corrected chi connectivity index (χ3v) is 6.04. The smallest absolute Gasteiger partial charge is 0.203 e. The summed E-state index contributed by atoms with van der Waals surface area (Å²) >= 11 is 0. The van der Waals surface area contributed by atoms with Gasteiger partial charge >= 0.3 is 0 Å². The number of fused-ring (bicyclic) bond motifs is 1. The lowest BCUT2D eigenvalue weighted by atomic mass is 10.0. The average molecular weight is 462 g/mol. The van der Waals surface area contributed by atoms with Crippen LogP contribution in [0.2, 0.25) is 0 Å². The Balaban J connectivity index is 1.40. The summed E-state index contributed by atoms with van der Waals surface area (Å²) in [6.07, 6.45) is 3.69. The first-order valence-electron chi connectivity index (χ1n) is 11.1. The summed E-state index contributed by atoms with van der Waals surface area (Å²) < 4.78 is 30.8. The van der Waals surface area contributed by atoms with E-state index in [1.807, 2.05) is 25.1 Å². The van der Waals surface area contributed by atoms with Gasteiger partial charge in [0.15, 0.2) is 17.8 Å². The Labute approximate surface area is 198 Å². The van der Waals surface area contributed by atoms with Gasteiger partial charge in [0.2, 0.25) is 5.75 Å². The summed E-state index contributed by atoms with van der Waals surface area (Å²) in [4.78, 5) is 8.79. The van der Waals surface area contributed by atoms with Crippen molar-refractivity contribution >= 4 is 11.0 Å². The Morgan fingerprint density at radius 1 is 0.941 bits per heavy atom. The standard InChI is InChI=1S/C26H27N3O5/c1-16-28-20-15-27-11-9-21(20)29(16)19-7-5-17(6-8-19)22-10-12-33-26(34-22)18-13-23(30-2)25(32-4)24(14-18)31-3/h5-9,11,13-15,22,26H,10,12H2,1-4H3. The lowest BCUT2D eigenvalue weighted by Gasteiger charge is -2.31. The first kappa shape index (κ1) is 22.2. The Hall–Kier alpha value is -3.62. The average Bonchev–Trinajstić information content (AvgIpc) is 3.23. The molecular weight excluding hydrogens is 434 g/mol. The van der Waals surface area contributed by atoms with Gasteiger partial charge in [-0.1, -0.05) is 12.1 Å². The van der Waals surface area contributed by atoms with Crippen molar-refractivity contribution in [3.05, 3.63) is 71.8 Å². The number of nitrogens with zero attached hydrogens (tertiary/aromatic N) is 3. The number of benzene rings is 2. The SMILES string of the molecule is COc1cc(C2OCCC(c3ccc(-n4c(C)nc5cnccc54)cc3)O2)cc(OC)c1OC. The Bertz CT molecular complexity index is 1280. The molecule has 176 valence electrons. The maximum absolute atomic E-state index is 6.35. The van der Waals surface area contributed by atoms with Crippen molar-refractivity contribution < 1.29 is 23.7 Å². The van der Waals surface area contributed by atoms with Gasteiger partial charge in [0.25, 0.3) is 0 Å². The second-order valence-corrected chi connectivity index (χ2v) is 8.03. The van der Waals surface area contributed by atoms with Crippen LogP contribution in [0.15, 0.2) is 54.9 Å². The Kier molecular flexibility index (Phi) is 6.08. The van der Waals surface area contributed by atoms with Gasteiger partial charge < -0.3 is 23.7 Å². The van der Waals surface area contributed by atoms with Gasteiger partial charge in [0.05, 0.1) is 45.8 Å². The van der Waals surface area contributed by atoms with Crippen molar-refractivity contribution in [1.29, 1.82) is 0 Å². The normalized spacial score (nSPS) is 18.1. The number of aromatic nitrogens is 3. The summed E-state index contributed by atoms with van der Waals surface area (Å²) in [5.74, 6) is 2.58. The van der Waals surface area contributed by atoms with Gasteiger partial charge in [0, 0.05) is 23.9 Å². The highest BCUT2D eigenvalue weighted by atomic mass is 16.7. The van der Waals surface area contributed by atoms with Gasteiger partial charge in [-0.25, -0.2) is 4.98 Å². The van der Waals surface area contributed by atoms with Crippen LogP contribution in [0.5, 0.6) is 17.2 Å². The van der Waals surface area contributed by atoms with Crippen LogP contribution >= 0.6 is 0 Å². The van der Waals surface area contributed by atoms with E-state index >= 15 is 0 Å². The quantitative estimate of drug-likeness (QED) is 0.403. The number of imidazole rings is 1. The maximum atomic E-state index is 6.35. The van der Waals surface area contributed by atoms with E-state index in [2.05, 4.69) is 38.8 Å². The van der Waals surface area contributed by atoms with Crippen LogP contribution in [0.3, 0.4) is 0 Å². The van der Waals surface area contributed by atoms with Crippen LogP contribution in [-0.4, -0.2) is 42.5 Å². The molecular formula is C26H27N3O5. The molecule has 0 radical (unpaired) electrons.